The van der Waals surface area contributed by atoms with Crippen LogP contribution in [0.5, 0.6) is 0 Å². The summed E-state index contributed by atoms with van der Waals surface area (Å²) in [6.45, 7) is 7.96. The Balaban J connectivity index is 1.90. The second kappa shape index (κ2) is 7.26. The van der Waals surface area contributed by atoms with Gasteiger partial charge in [-0.1, -0.05) is 6.07 Å². The van der Waals surface area contributed by atoms with Gasteiger partial charge in [-0.15, -0.1) is 0 Å². The number of carbonyl (C=O) groups excluding carboxylic acids is 1. The van der Waals surface area contributed by atoms with Crippen molar-refractivity contribution in [1.82, 2.24) is 25.4 Å². The molecule has 0 saturated heterocycles. The number of carbonyl (C=O) groups is 1. The lowest BCUT2D eigenvalue weighted by Gasteiger charge is -2.18. The first kappa shape index (κ1) is 17.0. The summed E-state index contributed by atoms with van der Waals surface area (Å²) in [5, 5.41) is 10.3. The highest BCUT2D eigenvalue weighted by Crippen LogP contribution is 2.14. The van der Waals surface area contributed by atoms with E-state index in [4.69, 9.17) is 0 Å². The van der Waals surface area contributed by atoms with Gasteiger partial charge < -0.3 is 10.6 Å². The molecule has 2 aromatic rings. The van der Waals surface area contributed by atoms with Gasteiger partial charge in [0.05, 0.1) is 17.4 Å². The lowest BCUT2D eigenvalue weighted by molar-refractivity contribution is 0.234. The lowest BCUT2D eigenvalue weighted by atomic mass is 10.1. The predicted octanol–water partition coefficient (Wildman–Crippen LogP) is 2.42. The quantitative estimate of drug-likeness (QED) is 0.890. The monoisotopic (exact) mass is 315 g/mol. The minimum Gasteiger partial charge on any atom is -0.335 e. The topological polar surface area (TPSA) is 71.8 Å². The van der Waals surface area contributed by atoms with Crippen LogP contribution in [0, 0.1) is 13.8 Å². The summed E-state index contributed by atoms with van der Waals surface area (Å²) >= 11 is 0. The number of pyridine rings is 1. The van der Waals surface area contributed by atoms with Gasteiger partial charge in [0.15, 0.2) is 0 Å². The Hall–Kier alpha value is -2.37. The van der Waals surface area contributed by atoms with Crippen LogP contribution in [-0.4, -0.2) is 26.8 Å². The summed E-state index contributed by atoms with van der Waals surface area (Å²) < 4.78 is 1.88. The van der Waals surface area contributed by atoms with Crippen LogP contribution in [0.25, 0.3) is 0 Å². The Bertz CT molecular complexity index is 665. The van der Waals surface area contributed by atoms with E-state index >= 15 is 0 Å². The maximum atomic E-state index is 12.1. The molecule has 0 unspecified atom stereocenters. The molecule has 0 spiro atoms. The Morgan fingerprint density at radius 2 is 2.00 bits per heavy atom. The third-order valence-corrected chi connectivity index (χ3v) is 4.03. The molecule has 0 fully saturated rings. The fourth-order valence-corrected chi connectivity index (χ4v) is 2.64. The van der Waals surface area contributed by atoms with Crippen LogP contribution in [0.3, 0.4) is 0 Å². The molecular weight excluding hydrogens is 290 g/mol. The van der Waals surface area contributed by atoms with Crippen LogP contribution in [0.1, 0.15) is 42.5 Å². The first-order valence-corrected chi connectivity index (χ1v) is 7.85. The average molecular weight is 315 g/mol. The van der Waals surface area contributed by atoms with Gasteiger partial charge in [0.25, 0.3) is 0 Å². The van der Waals surface area contributed by atoms with Gasteiger partial charge in [-0.05, 0) is 51.8 Å². The first-order chi connectivity index (χ1) is 10.9. The van der Waals surface area contributed by atoms with E-state index in [0.29, 0.717) is 0 Å². The van der Waals surface area contributed by atoms with E-state index in [1.807, 2.05) is 57.6 Å². The van der Waals surface area contributed by atoms with Crippen molar-refractivity contribution in [2.24, 2.45) is 7.05 Å². The van der Waals surface area contributed by atoms with Gasteiger partial charge >= 0.3 is 6.03 Å². The number of hydrogen-bond acceptors (Lipinski definition) is 3. The number of amides is 2. The molecule has 0 aliphatic rings. The van der Waals surface area contributed by atoms with E-state index in [1.54, 1.807) is 6.20 Å². The predicted molar refractivity (Wildman–Crippen MR) is 90.2 cm³/mol. The molecular formula is C17H25N5O. The largest absolute Gasteiger partial charge is 0.335 e. The summed E-state index contributed by atoms with van der Waals surface area (Å²) in [5.74, 6) is 0. The van der Waals surface area contributed by atoms with Crippen LogP contribution >= 0.6 is 0 Å². The Kier molecular flexibility index (Phi) is 5.36. The third-order valence-electron chi connectivity index (χ3n) is 4.03. The van der Waals surface area contributed by atoms with Crippen LogP contribution in [0.2, 0.25) is 0 Å². The average Bonchev–Trinajstić information content (AvgIpc) is 2.74. The molecule has 2 N–H and O–H groups in total. The molecule has 0 saturated carbocycles. The Morgan fingerprint density at radius 3 is 2.57 bits per heavy atom. The summed E-state index contributed by atoms with van der Waals surface area (Å²) in [6, 6.07) is 5.37. The smallest absolute Gasteiger partial charge is 0.315 e. The molecule has 2 heterocycles. The molecule has 6 heteroatoms. The minimum atomic E-state index is -0.185. The summed E-state index contributed by atoms with van der Waals surface area (Å²) in [5.41, 5.74) is 4.19. The summed E-state index contributed by atoms with van der Waals surface area (Å²) in [4.78, 5) is 16.4. The van der Waals surface area contributed by atoms with E-state index in [9.17, 15) is 4.79 Å². The first-order valence-electron chi connectivity index (χ1n) is 7.85. The van der Waals surface area contributed by atoms with Crippen molar-refractivity contribution in [3.05, 3.63) is 47.0 Å². The van der Waals surface area contributed by atoms with Gasteiger partial charge in [0, 0.05) is 25.0 Å². The molecule has 2 aromatic heterocycles. The van der Waals surface area contributed by atoms with E-state index in [2.05, 4.69) is 20.7 Å². The zero-order valence-corrected chi connectivity index (χ0v) is 14.4. The molecule has 0 aliphatic carbocycles. The summed E-state index contributed by atoms with van der Waals surface area (Å²) in [7, 11) is 1.94. The Labute approximate surface area is 137 Å². The fraction of sp³-hybridized carbons (Fsp3) is 0.471. The maximum absolute atomic E-state index is 12.1. The highest BCUT2D eigenvalue weighted by Gasteiger charge is 2.16. The molecule has 2 amide bonds. The lowest BCUT2D eigenvalue weighted by Crippen LogP contribution is -2.42. The Morgan fingerprint density at radius 1 is 1.26 bits per heavy atom. The van der Waals surface area contributed by atoms with Gasteiger partial charge in [-0.25, -0.2) is 4.79 Å². The molecule has 0 radical (unpaired) electrons. The molecule has 2 rings (SSSR count). The second-order valence-electron chi connectivity index (χ2n) is 5.97. The van der Waals surface area contributed by atoms with Crippen molar-refractivity contribution in [1.29, 1.82) is 0 Å². The van der Waals surface area contributed by atoms with Crippen molar-refractivity contribution in [2.45, 2.75) is 46.2 Å². The van der Waals surface area contributed by atoms with Crippen molar-refractivity contribution in [3.63, 3.8) is 0 Å². The fourth-order valence-electron chi connectivity index (χ4n) is 2.64. The molecule has 0 aliphatic heterocycles. The number of nitrogens with zero attached hydrogens (tertiary/aromatic N) is 3. The number of urea groups is 1. The van der Waals surface area contributed by atoms with Gasteiger partial charge in [0.2, 0.25) is 0 Å². The molecule has 0 aromatic carbocycles. The highest BCUT2D eigenvalue weighted by molar-refractivity contribution is 5.74. The zero-order chi connectivity index (χ0) is 17.0. The van der Waals surface area contributed by atoms with Gasteiger partial charge in [-0.2, -0.15) is 5.10 Å². The molecule has 2 atom stereocenters. The zero-order valence-electron chi connectivity index (χ0n) is 14.4. The normalized spacial score (nSPS) is 13.4. The highest BCUT2D eigenvalue weighted by atomic mass is 16.2. The van der Waals surface area contributed by atoms with E-state index in [0.717, 1.165) is 23.5 Å². The molecule has 6 nitrogen and oxygen atoms in total. The van der Waals surface area contributed by atoms with Crippen LogP contribution < -0.4 is 10.6 Å². The number of aromatic nitrogens is 3. The number of aryl methyl sites for hydroxylation is 2. The second-order valence-corrected chi connectivity index (χ2v) is 5.97. The third kappa shape index (κ3) is 4.31. The molecule has 0 bridgehead atoms. The van der Waals surface area contributed by atoms with Crippen molar-refractivity contribution < 1.29 is 4.79 Å². The number of rotatable bonds is 5. The van der Waals surface area contributed by atoms with Crippen molar-refractivity contribution in [3.8, 4) is 0 Å². The SMILES string of the molecule is Cc1nn(C)c(C)c1C[C@H](C)NC(=O)N[C@H](C)c1ccccn1. The van der Waals surface area contributed by atoms with E-state index in [-0.39, 0.29) is 18.1 Å². The minimum absolute atomic E-state index is 0.0209. The number of hydrogen-bond donors (Lipinski definition) is 2. The van der Waals surface area contributed by atoms with Crippen LogP contribution in [0.15, 0.2) is 24.4 Å². The van der Waals surface area contributed by atoms with Crippen molar-refractivity contribution >= 4 is 6.03 Å². The molecule has 124 valence electrons. The van der Waals surface area contributed by atoms with Crippen molar-refractivity contribution in [2.75, 3.05) is 0 Å². The van der Waals surface area contributed by atoms with Crippen LogP contribution in [0.4, 0.5) is 4.79 Å². The standard InChI is InChI=1S/C17H25N5O/c1-11(10-15-12(2)21-22(5)14(15)4)19-17(23)20-13(3)16-8-6-7-9-18-16/h6-9,11,13H,10H2,1-5H3,(H2,19,20,23)/t11-,13+/m0/s1. The summed E-state index contributed by atoms with van der Waals surface area (Å²) in [6.07, 6.45) is 2.49. The van der Waals surface area contributed by atoms with Crippen LogP contribution in [-0.2, 0) is 13.5 Å². The molecule has 23 heavy (non-hydrogen) atoms. The van der Waals surface area contributed by atoms with Gasteiger partial charge in [0.1, 0.15) is 0 Å². The van der Waals surface area contributed by atoms with E-state index < -0.39 is 0 Å². The van der Waals surface area contributed by atoms with Gasteiger partial charge in [-0.3, -0.25) is 9.67 Å². The van der Waals surface area contributed by atoms with E-state index in [1.165, 1.54) is 5.56 Å². The number of nitrogens with one attached hydrogen (secondary N) is 2. The maximum Gasteiger partial charge on any atom is 0.315 e.